The van der Waals surface area contributed by atoms with Gasteiger partial charge in [0.1, 0.15) is 0 Å². The van der Waals surface area contributed by atoms with Gasteiger partial charge in [0.2, 0.25) is 5.82 Å². The SMILES string of the molecule is CC1(C)CC[S@](=O)c2ccc(C#Cc3ncc(C=O)cn3)cc21. The van der Waals surface area contributed by atoms with Gasteiger partial charge in [-0.05, 0) is 41.5 Å². The second-order valence-corrected chi connectivity index (χ2v) is 7.64. The van der Waals surface area contributed by atoms with Crippen LogP contribution in [0.5, 0.6) is 0 Å². The lowest BCUT2D eigenvalue weighted by Gasteiger charge is -2.31. The molecular formula is C18H16N2O2S. The maximum absolute atomic E-state index is 12.2. The second-order valence-electron chi connectivity index (χ2n) is 6.10. The highest BCUT2D eigenvalue weighted by atomic mass is 32.2. The molecule has 23 heavy (non-hydrogen) atoms. The zero-order valence-corrected chi connectivity index (χ0v) is 13.8. The molecule has 0 saturated heterocycles. The molecule has 0 fully saturated rings. The molecule has 0 unspecified atom stereocenters. The molecule has 2 aromatic rings. The van der Waals surface area contributed by atoms with Crippen molar-refractivity contribution in [1.29, 1.82) is 0 Å². The molecule has 1 aliphatic heterocycles. The van der Waals surface area contributed by atoms with Gasteiger partial charge in [0, 0.05) is 28.6 Å². The first kappa shape index (κ1) is 15.6. The summed E-state index contributed by atoms with van der Waals surface area (Å²) in [5.41, 5.74) is 2.38. The molecule has 0 N–H and O–H groups in total. The summed E-state index contributed by atoms with van der Waals surface area (Å²) < 4.78 is 12.2. The number of carbonyl (C=O) groups excluding carboxylic acids is 1. The minimum Gasteiger partial charge on any atom is -0.298 e. The van der Waals surface area contributed by atoms with E-state index in [1.807, 2.05) is 18.2 Å². The molecule has 3 rings (SSSR count). The molecule has 0 aliphatic carbocycles. The van der Waals surface area contributed by atoms with Crippen LogP contribution < -0.4 is 0 Å². The molecule has 0 saturated carbocycles. The van der Waals surface area contributed by atoms with Gasteiger partial charge in [-0.3, -0.25) is 9.00 Å². The van der Waals surface area contributed by atoms with E-state index in [1.54, 1.807) is 0 Å². The molecule has 5 heteroatoms. The topological polar surface area (TPSA) is 59.9 Å². The predicted molar refractivity (Wildman–Crippen MR) is 88.8 cm³/mol. The molecule has 0 spiro atoms. The van der Waals surface area contributed by atoms with Crippen LogP contribution >= 0.6 is 0 Å². The Bertz CT molecular complexity index is 846. The maximum Gasteiger partial charge on any atom is 0.205 e. The molecular weight excluding hydrogens is 308 g/mol. The minimum absolute atomic E-state index is 0.00302. The van der Waals surface area contributed by atoms with Gasteiger partial charge in [-0.15, -0.1) is 0 Å². The van der Waals surface area contributed by atoms with Crippen molar-refractivity contribution in [1.82, 2.24) is 9.97 Å². The quantitative estimate of drug-likeness (QED) is 0.597. The van der Waals surface area contributed by atoms with Crippen LogP contribution in [0.1, 0.15) is 47.6 Å². The first-order valence-electron chi connectivity index (χ1n) is 7.32. The number of aromatic nitrogens is 2. The van der Waals surface area contributed by atoms with E-state index in [9.17, 15) is 9.00 Å². The summed E-state index contributed by atoms with van der Waals surface area (Å²) in [6.45, 7) is 4.33. The first-order valence-corrected chi connectivity index (χ1v) is 8.64. The molecule has 1 aromatic carbocycles. The van der Waals surface area contributed by atoms with Gasteiger partial charge in [0.15, 0.2) is 6.29 Å². The van der Waals surface area contributed by atoms with Crippen molar-refractivity contribution in [2.45, 2.75) is 30.6 Å². The van der Waals surface area contributed by atoms with E-state index in [2.05, 4.69) is 35.7 Å². The monoisotopic (exact) mass is 324 g/mol. The van der Waals surface area contributed by atoms with Crippen LogP contribution in [0, 0.1) is 11.8 Å². The smallest absolute Gasteiger partial charge is 0.205 e. The van der Waals surface area contributed by atoms with E-state index < -0.39 is 10.8 Å². The molecule has 1 aliphatic rings. The Morgan fingerprint density at radius 2 is 1.96 bits per heavy atom. The molecule has 1 atom stereocenters. The highest BCUT2D eigenvalue weighted by Gasteiger charge is 2.31. The fourth-order valence-electron chi connectivity index (χ4n) is 2.52. The fourth-order valence-corrected chi connectivity index (χ4v) is 4.24. The van der Waals surface area contributed by atoms with Crippen molar-refractivity contribution < 1.29 is 9.00 Å². The van der Waals surface area contributed by atoms with E-state index in [0.29, 0.717) is 23.4 Å². The first-order chi connectivity index (χ1) is 11.0. The fraction of sp³-hybridized carbons (Fsp3) is 0.278. The van der Waals surface area contributed by atoms with E-state index in [4.69, 9.17) is 0 Å². The van der Waals surface area contributed by atoms with Crippen molar-refractivity contribution in [2.75, 3.05) is 5.75 Å². The summed E-state index contributed by atoms with van der Waals surface area (Å²) in [6, 6.07) is 5.80. The largest absolute Gasteiger partial charge is 0.298 e. The molecule has 0 amide bonds. The third kappa shape index (κ3) is 3.22. The van der Waals surface area contributed by atoms with Gasteiger partial charge in [-0.25, -0.2) is 9.97 Å². The second kappa shape index (κ2) is 6.05. The summed E-state index contributed by atoms with van der Waals surface area (Å²) in [5.74, 6) is 7.01. The van der Waals surface area contributed by atoms with Gasteiger partial charge in [-0.1, -0.05) is 19.8 Å². The average molecular weight is 324 g/mol. The summed E-state index contributed by atoms with van der Waals surface area (Å²) in [4.78, 5) is 19.6. The summed E-state index contributed by atoms with van der Waals surface area (Å²) in [7, 11) is -0.920. The number of aldehydes is 1. The summed E-state index contributed by atoms with van der Waals surface area (Å²) >= 11 is 0. The third-order valence-corrected chi connectivity index (χ3v) is 5.41. The van der Waals surface area contributed by atoms with Crippen LogP contribution in [0.15, 0.2) is 35.5 Å². The van der Waals surface area contributed by atoms with Crippen LogP contribution in [0.2, 0.25) is 0 Å². The van der Waals surface area contributed by atoms with Gasteiger partial charge >= 0.3 is 0 Å². The zero-order valence-electron chi connectivity index (χ0n) is 13.0. The highest BCUT2D eigenvalue weighted by molar-refractivity contribution is 7.85. The van der Waals surface area contributed by atoms with Crippen LogP contribution in [-0.2, 0) is 16.2 Å². The summed E-state index contributed by atoms with van der Waals surface area (Å²) in [5, 5.41) is 0. The molecule has 4 nitrogen and oxygen atoms in total. The van der Waals surface area contributed by atoms with Gasteiger partial charge in [0.05, 0.1) is 16.4 Å². The molecule has 1 aromatic heterocycles. The van der Waals surface area contributed by atoms with Crippen molar-refractivity contribution in [2.24, 2.45) is 0 Å². The van der Waals surface area contributed by atoms with Gasteiger partial charge in [0.25, 0.3) is 0 Å². The Morgan fingerprint density at radius 3 is 2.65 bits per heavy atom. The normalized spacial score (nSPS) is 18.4. The predicted octanol–water partition coefficient (Wildman–Crippen LogP) is 2.48. The number of hydrogen-bond acceptors (Lipinski definition) is 4. The molecule has 116 valence electrons. The van der Waals surface area contributed by atoms with E-state index in [0.717, 1.165) is 22.4 Å². The van der Waals surface area contributed by atoms with Crippen molar-refractivity contribution >= 4 is 17.1 Å². The van der Waals surface area contributed by atoms with Crippen LogP contribution in [-0.4, -0.2) is 26.2 Å². The Hall–Kier alpha value is -2.32. The number of hydrogen-bond donors (Lipinski definition) is 0. The van der Waals surface area contributed by atoms with E-state index >= 15 is 0 Å². The number of rotatable bonds is 1. The Balaban J connectivity index is 1.95. The van der Waals surface area contributed by atoms with Crippen LogP contribution in [0.3, 0.4) is 0 Å². The van der Waals surface area contributed by atoms with Crippen molar-refractivity contribution in [3.8, 4) is 11.8 Å². The van der Waals surface area contributed by atoms with Gasteiger partial charge < -0.3 is 0 Å². The Labute approximate surface area is 137 Å². The maximum atomic E-state index is 12.2. The average Bonchev–Trinajstić information content (AvgIpc) is 2.57. The number of nitrogens with zero attached hydrogens (tertiary/aromatic N) is 2. The lowest BCUT2D eigenvalue weighted by Crippen LogP contribution is -2.27. The number of benzene rings is 1. The van der Waals surface area contributed by atoms with E-state index in [1.165, 1.54) is 12.4 Å². The highest BCUT2D eigenvalue weighted by Crippen LogP contribution is 2.37. The molecule has 2 heterocycles. The van der Waals surface area contributed by atoms with Crippen LogP contribution in [0.4, 0.5) is 0 Å². The van der Waals surface area contributed by atoms with Crippen molar-refractivity contribution in [3.63, 3.8) is 0 Å². The molecule has 0 radical (unpaired) electrons. The lowest BCUT2D eigenvalue weighted by atomic mass is 9.81. The number of fused-ring (bicyclic) bond motifs is 1. The van der Waals surface area contributed by atoms with Gasteiger partial charge in [-0.2, -0.15) is 0 Å². The Kier molecular flexibility index (Phi) is 4.10. The molecule has 0 bridgehead atoms. The standard InChI is InChI=1S/C18H16N2O2S/c1-18(2)7-8-23(22)16-5-3-13(9-15(16)18)4-6-17-19-10-14(12-21)11-20-17/h3,5,9-12H,7-8H2,1-2H3/t23-/m0/s1. The lowest BCUT2D eigenvalue weighted by molar-refractivity contribution is 0.112. The zero-order chi connectivity index (χ0) is 16.4. The van der Waals surface area contributed by atoms with Crippen molar-refractivity contribution in [3.05, 3.63) is 53.1 Å². The summed E-state index contributed by atoms with van der Waals surface area (Å²) in [6.07, 6.45) is 4.49. The van der Waals surface area contributed by atoms with Crippen LogP contribution in [0.25, 0.3) is 0 Å². The third-order valence-electron chi connectivity index (χ3n) is 3.99. The van der Waals surface area contributed by atoms with E-state index in [-0.39, 0.29) is 5.41 Å². The minimum atomic E-state index is -0.920. The number of carbonyl (C=O) groups is 1. The Morgan fingerprint density at radius 1 is 1.22 bits per heavy atom.